The summed E-state index contributed by atoms with van der Waals surface area (Å²) in [5.41, 5.74) is 1.74. The molecule has 0 aliphatic heterocycles. The minimum atomic E-state index is -0.241. The lowest BCUT2D eigenvalue weighted by Gasteiger charge is -2.22. The van der Waals surface area contributed by atoms with Gasteiger partial charge in [0.05, 0.1) is 6.61 Å². The van der Waals surface area contributed by atoms with E-state index in [1.54, 1.807) is 12.1 Å². The first-order valence-corrected chi connectivity index (χ1v) is 7.75. The summed E-state index contributed by atoms with van der Waals surface area (Å²) in [6.45, 7) is 1.91. The molecule has 0 saturated heterocycles. The Balaban J connectivity index is 2.05. The van der Waals surface area contributed by atoms with E-state index in [0.717, 1.165) is 10.0 Å². The van der Waals surface area contributed by atoms with Crippen molar-refractivity contribution in [1.29, 1.82) is 0 Å². The first-order chi connectivity index (χ1) is 10.1. The molecule has 2 aromatic rings. The van der Waals surface area contributed by atoms with Gasteiger partial charge in [0.1, 0.15) is 5.82 Å². The van der Waals surface area contributed by atoms with Gasteiger partial charge in [-0.3, -0.25) is 0 Å². The third-order valence-electron chi connectivity index (χ3n) is 3.46. The summed E-state index contributed by atoms with van der Waals surface area (Å²) in [5.74, 6) is -0.241. The largest absolute Gasteiger partial charge is 0.395 e. The molecular weight excluding hydrogens is 333 g/mol. The van der Waals surface area contributed by atoms with E-state index in [4.69, 9.17) is 0 Å². The van der Waals surface area contributed by atoms with Gasteiger partial charge in [0.15, 0.2) is 0 Å². The average molecular weight is 352 g/mol. The highest BCUT2D eigenvalue weighted by atomic mass is 79.9. The number of halogens is 2. The first-order valence-electron chi connectivity index (χ1n) is 6.96. The van der Waals surface area contributed by atoms with Gasteiger partial charge in [-0.15, -0.1) is 0 Å². The zero-order valence-electron chi connectivity index (χ0n) is 11.9. The molecule has 1 unspecified atom stereocenters. The monoisotopic (exact) mass is 351 g/mol. The van der Waals surface area contributed by atoms with Crippen LogP contribution in [-0.2, 0) is 6.42 Å². The normalized spacial score (nSPS) is 13.9. The maximum absolute atomic E-state index is 13.9. The molecule has 0 heterocycles. The van der Waals surface area contributed by atoms with Crippen molar-refractivity contribution in [3.05, 3.63) is 69.9 Å². The third-order valence-corrected chi connectivity index (χ3v) is 3.95. The van der Waals surface area contributed by atoms with Gasteiger partial charge in [-0.2, -0.15) is 0 Å². The lowest BCUT2D eigenvalue weighted by molar-refractivity contribution is 0.232. The van der Waals surface area contributed by atoms with Crippen LogP contribution < -0.4 is 5.32 Å². The lowest BCUT2D eigenvalue weighted by atomic mass is 10.0. The number of hydrogen-bond donors (Lipinski definition) is 2. The van der Waals surface area contributed by atoms with Crippen LogP contribution in [0.3, 0.4) is 0 Å². The fourth-order valence-electron chi connectivity index (χ4n) is 2.36. The Morgan fingerprint density at radius 2 is 1.90 bits per heavy atom. The maximum atomic E-state index is 13.9. The van der Waals surface area contributed by atoms with Crippen LogP contribution in [0.25, 0.3) is 0 Å². The summed E-state index contributed by atoms with van der Waals surface area (Å²) in [7, 11) is 0. The molecule has 2 aromatic carbocycles. The Bertz CT molecular complexity index is 576. The van der Waals surface area contributed by atoms with Crippen LogP contribution >= 0.6 is 15.9 Å². The molecule has 0 saturated carbocycles. The predicted molar refractivity (Wildman–Crippen MR) is 86.7 cm³/mol. The molecular formula is C17H19BrFNO. The van der Waals surface area contributed by atoms with Crippen molar-refractivity contribution in [1.82, 2.24) is 5.32 Å². The second-order valence-electron chi connectivity index (χ2n) is 5.12. The van der Waals surface area contributed by atoms with Gasteiger partial charge in [-0.1, -0.05) is 46.3 Å². The summed E-state index contributed by atoms with van der Waals surface area (Å²) >= 11 is 3.36. The second kappa shape index (κ2) is 7.69. The van der Waals surface area contributed by atoms with Crippen molar-refractivity contribution in [3.63, 3.8) is 0 Å². The topological polar surface area (TPSA) is 32.3 Å². The minimum Gasteiger partial charge on any atom is -0.395 e. The number of aliphatic hydroxyl groups is 1. The lowest BCUT2D eigenvalue weighted by Crippen LogP contribution is -2.36. The standard InChI is InChI=1S/C17H19BrFNO/c1-12(16-10-14(18)7-8-17(16)19)20-15(11-21)9-13-5-3-2-4-6-13/h2-8,10,12,15,20-21H,9,11H2,1H3/t12?,15-/m0/s1. The van der Waals surface area contributed by atoms with Gasteiger partial charge < -0.3 is 10.4 Å². The van der Waals surface area contributed by atoms with E-state index < -0.39 is 0 Å². The van der Waals surface area contributed by atoms with Crippen molar-refractivity contribution < 1.29 is 9.50 Å². The molecule has 2 rings (SSSR count). The summed E-state index contributed by atoms with van der Waals surface area (Å²) in [4.78, 5) is 0. The van der Waals surface area contributed by atoms with Gasteiger partial charge in [-0.25, -0.2) is 4.39 Å². The summed E-state index contributed by atoms with van der Waals surface area (Å²) in [6.07, 6.45) is 0.706. The van der Waals surface area contributed by atoms with Crippen molar-refractivity contribution in [2.75, 3.05) is 6.61 Å². The molecule has 2 N–H and O–H groups in total. The molecule has 2 atom stereocenters. The minimum absolute atomic E-state index is 0.00879. The fraction of sp³-hybridized carbons (Fsp3) is 0.294. The summed E-state index contributed by atoms with van der Waals surface area (Å²) in [5, 5.41) is 12.8. The van der Waals surface area contributed by atoms with E-state index in [2.05, 4.69) is 21.2 Å². The van der Waals surface area contributed by atoms with Crippen LogP contribution in [0.4, 0.5) is 4.39 Å². The first kappa shape index (κ1) is 16.1. The highest BCUT2D eigenvalue weighted by Crippen LogP contribution is 2.22. The van der Waals surface area contributed by atoms with E-state index in [1.165, 1.54) is 6.07 Å². The van der Waals surface area contributed by atoms with Gasteiger partial charge in [0, 0.05) is 22.1 Å². The Morgan fingerprint density at radius 3 is 2.57 bits per heavy atom. The van der Waals surface area contributed by atoms with Gasteiger partial charge in [0.2, 0.25) is 0 Å². The van der Waals surface area contributed by atoms with E-state index in [1.807, 2.05) is 37.3 Å². The maximum Gasteiger partial charge on any atom is 0.128 e. The second-order valence-corrected chi connectivity index (χ2v) is 6.04. The van der Waals surface area contributed by atoms with E-state index in [9.17, 15) is 9.50 Å². The van der Waals surface area contributed by atoms with Crippen molar-refractivity contribution in [2.45, 2.75) is 25.4 Å². The van der Waals surface area contributed by atoms with E-state index in [-0.39, 0.29) is 24.5 Å². The van der Waals surface area contributed by atoms with Crippen molar-refractivity contribution in [3.8, 4) is 0 Å². The molecule has 0 aromatic heterocycles. The highest BCUT2D eigenvalue weighted by Gasteiger charge is 2.16. The van der Waals surface area contributed by atoms with Gasteiger partial charge in [0.25, 0.3) is 0 Å². The molecule has 2 nitrogen and oxygen atoms in total. The van der Waals surface area contributed by atoms with Crippen molar-refractivity contribution in [2.24, 2.45) is 0 Å². The molecule has 0 fully saturated rings. The highest BCUT2D eigenvalue weighted by molar-refractivity contribution is 9.10. The molecule has 0 aliphatic carbocycles. The average Bonchev–Trinajstić information content (AvgIpc) is 2.50. The quantitative estimate of drug-likeness (QED) is 0.828. The molecule has 0 spiro atoms. The van der Waals surface area contributed by atoms with Crippen LogP contribution in [0.15, 0.2) is 53.0 Å². The van der Waals surface area contributed by atoms with Crippen LogP contribution in [-0.4, -0.2) is 17.8 Å². The van der Waals surface area contributed by atoms with Gasteiger partial charge in [-0.05, 0) is 37.1 Å². The number of benzene rings is 2. The predicted octanol–water partition coefficient (Wildman–Crippen LogP) is 3.84. The van der Waals surface area contributed by atoms with E-state index >= 15 is 0 Å². The Kier molecular flexibility index (Phi) is 5.91. The Labute approximate surface area is 133 Å². The molecule has 0 bridgehead atoms. The van der Waals surface area contributed by atoms with Crippen LogP contribution in [0.2, 0.25) is 0 Å². The van der Waals surface area contributed by atoms with E-state index in [0.29, 0.717) is 12.0 Å². The smallest absolute Gasteiger partial charge is 0.128 e. The molecule has 0 amide bonds. The number of aliphatic hydroxyl groups excluding tert-OH is 1. The van der Waals surface area contributed by atoms with Crippen LogP contribution in [0.1, 0.15) is 24.1 Å². The number of nitrogens with one attached hydrogen (secondary N) is 1. The van der Waals surface area contributed by atoms with Crippen LogP contribution in [0.5, 0.6) is 0 Å². The molecule has 4 heteroatoms. The Hall–Kier alpha value is -1.23. The summed E-state index contributed by atoms with van der Waals surface area (Å²) in [6, 6.07) is 14.6. The number of hydrogen-bond acceptors (Lipinski definition) is 2. The zero-order valence-corrected chi connectivity index (χ0v) is 13.5. The SMILES string of the molecule is CC(N[C@H](CO)Cc1ccccc1)c1cc(Br)ccc1F. The third kappa shape index (κ3) is 4.63. The molecule has 0 aliphatic rings. The van der Waals surface area contributed by atoms with Crippen LogP contribution in [0, 0.1) is 5.82 Å². The molecule has 112 valence electrons. The number of rotatable bonds is 6. The Morgan fingerprint density at radius 1 is 1.19 bits per heavy atom. The van der Waals surface area contributed by atoms with Crippen molar-refractivity contribution >= 4 is 15.9 Å². The zero-order chi connectivity index (χ0) is 15.2. The fourth-order valence-corrected chi connectivity index (χ4v) is 2.74. The van der Waals surface area contributed by atoms with Gasteiger partial charge >= 0.3 is 0 Å². The molecule has 21 heavy (non-hydrogen) atoms. The molecule has 0 radical (unpaired) electrons. The summed E-state index contributed by atoms with van der Waals surface area (Å²) < 4.78 is 14.7.